The van der Waals surface area contributed by atoms with E-state index in [1.807, 2.05) is 0 Å². The minimum atomic E-state index is -3.43. The van der Waals surface area contributed by atoms with Crippen LogP contribution in [0.1, 0.15) is 26.2 Å². The van der Waals surface area contributed by atoms with E-state index < -0.39 is 25.1 Å². The Morgan fingerprint density at radius 1 is 1.35 bits per heavy atom. The van der Waals surface area contributed by atoms with Gasteiger partial charge in [-0.25, -0.2) is 21.6 Å². The lowest BCUT2D eigenvalue weighted by Gasteiger charge is -2.25. The van der Waals surface area contributed by atoms with Crippen LogP contribution in [0, 0.1) is 0 Å². The lowest BCUT2D eigenvalue weighted by Crippen LogP contribution is -2.46. The van der Waals surface area contributed by atoms with Crippen molar-refractivity contribution in [2.24, 2.45) is 5.73 Å². The molecule has 8 heteroatoms. The number of hydrogen-bond donors (Lipinski definition) is 2. The Hall–Kier alpha value is -0.180. The maximum Gasteiger partial charge on any atom is 0.215 e. The molecule has 0 aromatic rings. The van der Waals surface area contributed by atoms with Gasteiger partial charge in [-0.3, -0.25) is 0 Å². The van der Waals surface area contributed by atoms with E-state index in [-0.39, 0.29) is 24.1 Å². The van der Waals surface area contributed by atoms with E-state index in [2.05, 4.69) is 4.72 Å². The molecule has 1 unspecified atom stereocenters. The van der Waals surface area contributed by atoms with E-state index in [4.69, 9.17) is 5.73 Å². The summed E-state index contributed by atoms with van der Waals surface area (Å²) in [6, 6.07) is -0.274. The Bertz CT molecular complexity index is 426. The standard InChI is InChI=1S/C9H20N2O4S2/c1-2-9(7-10)17(14,15)11-8-3-5-16(12,13)6-4-8/h8-9,11H,2-7,10H2,1H3. The Morgan fingerprint density at radius 2 is 1.88 bits per heavy atom. The van der Waals surface area contributed by atoms with Crippen LogP contribution in [-0.2, 0) is 19.9 Å². The quantitative estimate of drug-likeness (QED) is 0.689. The van der Waals surface area contributed by atoms with Crippen LogP contribution in [0.25, 0.3) is 0 Å². The van der Waals surface area contributed by atoms with E-state index >= 15 is 0 Å². The van der Waals surface area contributed by atoms with Crippen molar-refractivity contribution < 1.29 is 16.8 Å². The molecule has 3 N–H and O–H groups in total. The molecule has 1 rings (SSSR count). The topological polar surface area (TPSA) is 106 Å². The number of hydrogen-bond acceptors (Lipinski definition) is 5. The second kappa shape index (κ2) is 5.64. The third-order valence-electron chi connectivity index (χ3n) is 3.04. The Labute approximate surface area is 103 Å². The molecule has 1 aliphatic heterocycles. The fourth-order valence-corrected chi connectivity index (χ4v) is 4.93. The zero-order valence-electron chi connectivity index (χ0n) is 9.92. The highest BCUT2D eigenvalue weighted by atomic mass is 32.2. The van der Waals surface area contributed by atoms with Crippen LogP contribution in [0.2, 0.25) is 0 Å². The van der Waals surface area contributed by atoms with Crippen LogP contribution in [0.4, 0.5) is 0 Å². The van der Waals surface area contributed by atoms with Crippen LogP contribution in [0.3, 0.4) is 0 Å². The number of sulfonamides is 1. The van der Waals surface area contributed by atoms with Crippen LogP contribution in [-0.4, -0.2) is 46.2 Å². The van der Waals surface area contributed by atoms with Crippen molar-refractivity contribution in [2.45, 2.75) is 37.5 Å². The summed E-state index contributed by atoms with van der Waals surface area (Å²) in [4.78, 5) is 0. The predicted molar refractivity (Wildman–Crippen MR) is 66.9 cm³/mol. The van der Waals surface area contributed by atoms with Gasteiger partial charge in [0.05, 0.1) is 16.8 Å². The maximum absolute atomic E-state index is 11.9. The maximum atomic E-state index is 11.9. The first-order valence-electron chi connectivity index (χ1n) is 5.72. The highest BCUT2D eigenvalue weighted by Gasteiger charge is 2.29. The van der Waals surface area contributed by atoms with E-state index in [9.17, 15) is 16.8 Å². The largest absolute Gasteiger partial charge is 0.329 e. The molecule has 0 amide bonds. The van der Waals surface area contributed by atoms with Crippen molar-refractivity contribution in [3.05, 3.63) is 0 Å². The smallest absolute Gasteiger partial charge is 0.215 e. The van der Waals surface area contributed by atoms with Gasteiger partial charge in [-0.15, -0.1) is 0 Å². The van der Waals surface area contributed by atoms with Crippen molar-refractivity contribution >= 4 is 19.9 Å². The molecule has 0 bridgehead atoms. The van der Waals surface area contributed by atoms with Gasteiger partial charge in [0.25, 0.3) is 0 Å². The minimum absolute atomic E-state index is 0.0552. The minimum Gasteiger partial charge on any atom is -0.329 e. The number of nitrogens with two attached hydrogens (primary N) is 1. The molecule has 0 aromatic heterocycles. The fraction of sp³-hybridized carbons (Fsp3) is 1.00. The third kappa shape index (κ3) is 4.20. The Balaban J connectivity index is 2.61. The number of sulfone groups is 1. The fourth-order valence-electron chi connectivity index (χ4n) is 1.85. The third-order valence-corrected chi connectivity index (χ3v) is 6.82. The van der Waals surface area contributed by atoms with Crippen molar-refractivity contribution in [2.75, 3.05) is 18.1 Å². The zero-order valence-corrected chi connectivity index (χ0v) is 11.6. The highest BCUT2D eigenvalue weighted by Crippen LogP contribution is 2.14. The van der Waals surface area contributed by atoms with Gasteiger partial charge in [-0.2, -0.15) is 0 Å². The van der Waals surface area contributed by atoms with Crippen LogP contribution >= 0.6 is 0 Å². The zero-order chi connectivity index (χ0) is 13.1. The van der Waals surface area contributed by atoms with E-state index in [0.29, 0.717) is 19.3 Å². The van der Waals surface area contributed by atoms with E-state index in [1.54, 1.807) is 6.92 Å². The van der Waals surface area contributed by atoms with Crippen LogP contribution in [0.15, 0.2) is 0 Å². The summed E-state index contributed by atoms with van der Waals surface area (Å²) in [5, 5.41) is -0.596. The van der Waals surface area contributed by atoms with Crippen molar-refractivity contribution in [1.29, 1.82) is 0 Å². The average molecular weight is 284 g/mol. The van der Waals surface area contributed by atoms with Gasteiger partial charge in [0.1, 0.15) is 9.84 Å². The summed E-state index contributed by atoms with van der Waals surface area (Å²) in [5.74, 6) is 0.110. The summed E-state index contributed by atoms with van der Waals surface area (Å²) >= 11 is 0. The van der Waals surface area contributed by atoms with Gasteiger partial charge in [-0.05, 0) is 19.3 Å². The molecule has 0 aromatic carbocycles. The molecule has 1 saturated heterocycles. The Morgan fingerprint density at radius 3 is 2.29 bits per heavy atom. The van der Waals surface area contributed by atoms with Gasteiger partial charge < -0.3 is 5.73 Å². The summed E-state index contributed by atoms with van der Waals surface area (Å²) in [5.41, 5.74) is 5.40. The van der Waals surface area contributed by atoms with E-state index in [0.717, 1.165) is 0 Å². The molecule has 1 heterocycles. The SMILES string of the molecule is CCC(CN)S(=O)(=O)NC1CCS(=O)(=O)CC1. The molecule has 0 radical (unpaired) electrons. The van der Waals surface area contributed by atoms with Crippen molar-refractivity contribution in [3.63, 3.8) is 0 Å². The molecule has 1 aliphatic rings. The molecular formula is C9H20N2O4S2. The van der Waals surface area contributed by atoms with Gasteiger partial charge in [0.15, 0.2) is 0 Å². The van der Waals surface area contributed by atoms with Gasteiger partial charge in [-0.1, -0.05) is 6.92 Å². The first-order chi connectivity index (χ1) is 7.80. The average Bonchev–Trinajstić information content (AvgIpc) is 2.22. The summed E-state index contributed by atoms with van der Waals surface area (Å²) < 4.78 is 48.7. The molecule has 6 nitrogen and oxygen atoms in total. The van der Waals surface area contributed by atoms with Crippen LogP contribution in [0.5, 0.6) is 0 Å². The lowest BCUT2D eigenvalue weighted by atomic mass is 10.2. The molecule has 1 atom stereocenters. The summed E-state index contributed by atoms with van der Waals surface area (Å²) in [7, 11) is -6.39. The molecule has 17 heavy (non-hydrogen) atoms. The predicted octanol–water partition coefficient (Wildman–Crippen LogP) is -0.780. The first-order valence-corrected chi connectivity index (χ1v) is 9.09. The highest BCUT2D eigenvalue weighted by molar-refractivity contribution is 7.91. The second-order valence-electron chi connectivity index (χ2n) is 4.35. The van der Waals surface area contributed by atoms with Gasteiger partial charge in [0, 0.05) is 12.6 Å². The number of nitrogens with one attached hydrogen (secondary N) is 1. The Kier molecular flexibility index (Phi) is 4.94. The lowest BCUT2D eigenvalue weighted by molar-refractivity contribution is 0.497. The summed E-state index contributed by atoms with van der Waals surface area (Å²) in [6.07, 6.45) is 1.15. The van der Waals surface area contributed by atoms with Gasteiger partial charge >= 0.3 is 0 Å². The normalized spacial score (nSPS) is 23.4. The monoisotopic (exact) mass is 284 g/mol. The summed E-state index contributed by atoms with van der Waals surface area (Å²) in [6.45, 7) is 1.85. The molecular weight excluding hydrogens is 264 g/mol. The molecule has 0 spiro atoms. The molecule has 102 valence electrons. The molecule has 0 aliphatic carbocycles. The van der Waals surface area contributed by atoms with Gasteiger partial charge in [0.2, 0.25) is 10.0 Å². The van der Waals surface area contributed by atoms with Crippen LogP contribution < -0.4 is 10.5 Å². The van der Waals surface area contributed by atoms with E-state index in [1.165, 1.54) is 0 Å². The van der Waals surface area contributed by atoms with Crippen molar-refractivity contribution in [1.82, 2.24) is 4.72 Å². The molecule has 0 saturated carbocycles. The first kappa shape index (κ1) is 14.9. The molecule has 1 fully saturated rings. The second-order valence-corrected chi connectivity index (χ2v) is 8.65. The van der Waals surface area contributed by atoms with Crippen molar-refractivity contribution in [3.8, 4) is 0 Å². The number of rotatable bonds is 5.